The molecule has 1 N–H and O–H groups in total. The van der Waals surface area contributed by atoms with Gasteiger partial charge in [0.25, 0.3) is 0 Å². The molecule has 90 valence electrons. The van der Waals surface area contributed by atoms with Gasteiger partial charge in [-0.25, -0.2) is 0 Å². The molecular formula is C13H28N2. The first-order valence-electron chi connectivity index (χ1n) is 6.42. The number of nitrogens with zero attached hydrogens (tertiary/aromatic N) is 1. The number of hydrogen-bond donors (Lipinski definition) is 1. The van der Waals surface area contributed by atoms with Crippen LogP contribution in [0.25, 0.3) is 0 Å². The van der Waals surface area contributed by atoms with E-state index in [0.29, 0.717) is 17.5 Å². The molecule has 1 fully saturated rings. The number of piperazine rings is 1. The van der Waals surface area contributed by atoms with E-state index in [0.717, 1.165) is 6.54 Å². The summed E-state index contributed by atoms with van der Waals surface area (Å²) in [5.74, 6) is 0. The number of nitrogens with one attached hydrogen (secondary N) is 1. The second kappa shape index (κ2) is 5.31. The van der Waals surface area contributed by atoms with E-state index in [1.165, 1.54) is 25.9 Å². The summed E-state index contributed by atoms with van der Waals surface area (Å²) in [6.07, 6.45) is 2.60. The van der Waals surface area contributed by atoms with Gasteiger partial charge in [0.2, 0.25) is 0 Å². The van der Waals surface area contributed by atoms with Crippen LogP contribution >= 0.6 is 0 Å². The van der Waals surface area contributed by atoms with Crippen molar-refractivity contribution in [2.24, 2.45) is 5.41 Å². The van der Waals surface area contributed by atoms with Gasteiger partial charge in [-0.2, -0.15) is 0 Å². The highest BCUT2D eigenvalue weighted by Crippen LogP contribution is 2.25. The standard InChI is InChI=1S/C13H28N2/c1-6-7-12-10-15(9-8-14-12)11(2)13(3,4)5/h11-12,14H,6-10H2,1-5H3. The van der Waals surface area contributed by atoms with Crippen molar-refractivity contribution in [3.8, 4) is 0 Å². The lowest BCUT2D eigenvalue weighted by Gasteiger charge is -2.43. The molecule has 1 heterocycles. The predicted octanol–water partition coefficient (Wildman–Crippen LogP) is 2.49. The number of hydrogen-bond acceptors (Lipinski definition) is 2. The van der Waals surface area contributed by atoms with Crippen LogP contribution in [-0.2, 0) is 0 Å². The van der Waals surface area contributed by atoms with Crippen molar-refractivity contribution in [1.82, 2.24) is 10.2 Å². The minimum atomic E-state index is 0.397. The van der Waals surface area contributed by atoms with Crippen LogP contribution in [0.4, 0.5) is 0 Å². The molecule has 0 saturated carbocycles. The van der Waals surface area contributed by atoms with Gasteiger partial charge in [0.15, 0.2) is 0 Å². The molecule has 0 aliphatic carbocycles. The SMILES string of the molecule is CCCC1CN(C(C)C(C)(C)C)CCN1. The number of rotatable bonds is 3. The highest BCUT2D eigenvalue weighted by molar-refractivity contribution is 4.86. The lowest BCUT2D eigenvalue weighted by molar-refractivity contribution is 0.0799. The Morgan fingerprint density at radius 1 is 1.40 bits per heavy atom. The minimum absolute atomic E-state index is 0.397. The Labute approximate surface area is 95.4 Å². The zero-order chi connectivity index (χ0) is 11.5. The third-order valence-corrected chi connectivity index (χ3v) is 3.73. The molecule has 2 atom stereocenters. The molecule has 0 amide bonds. The molecule has 2 unspecified atom stereocenters. The van der Waals surface area contributed by atoms with Gasteiger partial charge in [0.05, 0.1) is 0 Å². The van der Waals surface area contributed by atoms with E-state index in [4.69, 9.17) is 0 Å². The van der Waals surface area contributed by atoms with Crippen LogP contribution in [0, 0.1) is 5.41 Å². The Kier molecular flexibility index (Phi) is 4.60. The smallest absolute Gasteiger partial charge is 0.0195 e. The van der Waals surface area contributed by atoms with Crippen LogP contribution < -0.4 is 5.32 Å². The molecule has 0 spiro atoms. The first kappa shape index (κ1) is 13.0. The van der Waals surface area contributed by atoms with Crippen molar-refractivity contribution >= 4 is 0 Å². The monoisotopic (exact) mass is 212 g/mol. The summed E-state index contributed by atoms with van der Waals surface area (Å²) < 4.78 is 0. The molecule has 0 radical (unpaired) electrons. The second-order valence-electron chi connectivity index (χ2n) is 5.98. The van der Waals surface area contributed by atoms with E-state index in [9.17, 15) is 0 Å². The van der Waals surface area contributed by atoms with Gasteiger partial charge in [-0.1, -0.05) is 34.1 Å². The predicted molar refractivity (Wildman–Crippen MR) is 67.2 cm³/mol. The van der Waals surface area contributed by atoms with E-state index in [-0.39, 0.29) is 0 Å². The van der Waals surface area contributed by atoms with Gasteiger partial charge >= 0.3 is 0 Å². The highest BCUT2D eigenvalue weighted by atomic mass is 15.2. The molecule has 0 bridgehead atoms. The Morgan fingerprint density at radius 3 is 2.60 bits per heavy atom. The lowest BCUT2D eigenvalue weighted by Crippen LogP contribution is -2.55. The maximum absolute atomic E-state index is 3.61. The molecule has 0 aromatic carbocycles. The maximum Gasteiger partial charge on any atom is 0.0195 e. The van der Waals surface area contributed by atoms with Crippen molar-refractivity contribution in [1.29, 1.82) is 0 Å². The van der Waals surface area contributed by atoms with Crippen LogP contribution in [0.15, 0.2) is 0 Å². The fourth-order valence-corrected chi connectivity index (χ4v) is 2.29. The third kappa shape index (κ3) is 3.76. The summed E-state index contributed by atoms with van der Waals surface area (Å²) in [5, 5.41) is 3.61. The Hall–Kier alpha value is -0.0800. The fourth-order valence-electron chi connectivity index (χ4n) is 2.29. The average molecular weight is 212 g/mol. The molecule has 1 saturated heterocycles. The van der Waals surface area contributed by atoms with Crippen molar-refractivity contribution in [2.75, 3.05) is 19.6 Å². The Balaban J connectivity index is 2.48. The summed E-state index contributed by atoms with van der Waals surface area (Å²) in [5.41, 5.74) is 0.397. The summed E-state index contributed by atoms with van der Waals surface area (Å²) in [6.45, 7) is 15.3. The van der Waals surface area contributed by atoms with E-state index in [1.807, 2.05) is 0 Å². The quantitative estimate of drug-likeness (QED) is 0.773. The Morgan fingerprint density at radius 2 is 2.07 bits per heavy atom. The molecule has 15 heavy (non-hydrogen) atoms. The molecular weight excluding hydrogens is 184 g/mol. The van der Waals surface area contributed by atoms with E-state index < -0.39 is 0 Å². The van der Waals surface area contributed by atoms with Gasteiger partial charge in [0, 0.05) is 31.7 Å². The largest absolute Gasteiger partial charge is 0.311 e. The third-order valence-electron chi connectivity index (χ3n) is 3.73. The molecule has 0 aromatic heterocycles. The van der Waals surface area contributed by atoms with Crippen molar-refractivity contribution in [3.63, 3.8) is 0 Å². The van der Waals surface area contributed by atoms with E-state index in [2.05, 4.69) is 44.8 Å². The fraction of sp³-hybridized carbons (Fsp3) is 1.00. The van der Waals surface area contributed by atoms with Crippen LogP contribution in [0.1, 0.15) is 47.5 Å². The maximum atomic E-state index is 3.61. The van der Waals surface area contributed by atoms with Gasteiger partial charge in [0.1, 0.15) is 0 Å². The van der Waals surface area contributed by atoms with E-state index >= 15 is 0 Å². The summed E-state index contributed by atoms with van der Waals surface area (Å²) in [6, 6.07) is 1.40. The first-order chi connectivity index (χ1) is 6.95. The summed E-state index contributed by atoms with van der Waals surface area (Å²) in [4.78, 5) is 2.65. The van der Waals surface area contributed by atoms with Crippen LogP contribution in [0.3, 0.4) is 0 Å². The van der Waals surface area contributed by atoms with Crippen molar-refractivity contribution in [3.05, 3.63) is 0 Å². The molecule has 1 aliphatic heterocycles. The van der Waals surface area contributed by atoms with Crippen LogP contribution in [0.2, 0.25) is 0 Å². The highest BCUT2D eigenvalue weighted by Gasteiger charge is 2.29. The van der Waals surface area contributed by atoms with Crippen molar-refractivity contribution in [2.45, 2.75) is 59.5 Å². The average Bonchev–Trinajstić information content (AvgIpc) is 2.16. The summed E-state index contributed by atoms with van der Waals surface area (Å²) >= 11 is 0. The first-order valence-corrected chi connectivity index (χ1v) is 6.42. The van der Waals surface area contributed by atoms with Crippen molar-refractivity contribution < 1.29 is 0 Å². The molecule has 0 aromatic rings. The molecule has 2 heteroatoms. The topological polar surface area (TPSA) is 15.3 Å². The van der Waals surface area contributed by atoms with Crippen LogP contribution in [0.5, 0.6) is 0 Å². The minimum Gasteiger partial charge on any atom is -0.311 e. The summed E-state index contributed by atoms with van der Waals surface area (Å²) in [7, 11) is 0. The van der Waals surface area contributed by atoms with Crippen LogP contribution in [-0.4, -0.2) is 36.6 Å². The van der Waals surface area contributed by atoms with E-state index in [1.54, 1.807) is 0 Å². The molecule has 1 rings (SSSR count). The normalized spacial score (nSPS) is 26.6. The Bertz CT molecular complexity index is 181. The molecule has 1 aliphatic rings. The zero-order valence-electron chi connectivity index (χ0n) is 11.1. The lowest BCUT2D eigenvalue weighted by atomic mass is 9.86. The van der Waals surface area contributed by atoms with Gasteiger partial charge < -0.3 is 5.32 Å². The van der Waals surface area contributed by atoms with Gasteiger partial charge in [-0.3, -0.25) is 4.90 Å². The van der Waals surface area contributed by atoms with Gasteiger partial charge in [-0.15, -0.1) is 0 Å². The zero-order valence-corrected chi connectivity index (χ0v) is 11.1. The van der Waals surface area contributed by atoms with Gasteiger partial charge in [-0.05, 0) is 18.8 Å². The second-order valence-corrected chi connectivity index (χ2v) is 5.98. The molecule has 2 nitrogen and oxygen atoms in total.